The second-order valence-corrected chi connectivity index (χ2v) is 4.71. The van der Waals surface area contributed by atoms with Gasteiger partial charge in [0.1, 0.15) is 11.6 Å². The summed E-state index contributed by atoms with van der Waals surface area (Å²) in [5.41, 5.74) is 0.627. The molecule has 1 unspecified atom stereocenters. The molecule has 0 aliphatic heterocycles. The van der Waals surface area contributed by atoms with Gasteiger partial charge in [-0.3, -0.25) is 0 Å². The van der Waals surface area contributed by atoms with E-state index in [-0.39, 0.29) is 11.3 Å². The van der Waals surface area contributed by atoms with E-state index in [0.717, 1.165) is 0 Å². The highest BCUT2D eigenvalue weighted by Crippen LogP contribution is 2.30. The molecule has 0 heterocycles. The van der Waals surface area contributed by atoms with Crippen molar-refractivity contribution in [2.45, 2.75) is 13.0 Å². The average Bonchev–Trinajstić information content (AvgIpc) is 2.47. The number of hydrogen-bond acceptors (Lipinski definition) is 2. The third kappa shape index (κ3) is 2.88. The van der Waals surface area contributed by atoms with E-state index in [9.17, 15) is 13.2 Å². The van der Waals surface area contributed by atoms with Gasteiger partial charge >= 0.3 is 0 Å². The van der Waals surface area contributed by atoms with Gasteiger partial charge in [0.05, 0.1) is 13.2 Å². The Hall–Kier alpha value is -2.01. The molecule has 0 aromatic heterocycles. The van der Waals surface area contributed by atoms with Gasteiger partial charge in [0.15, 0.2) is 11.6 Å². The number of aryl methyl sites for hydroxylation is 1. The van der Waals surface area contributed by atoms with Crippen molar-refractivity contribution in [3.05, 3.63) is 64.5 Å². The Labute approximate surface area is 121 Å². The van der Waals surface area contributed by atoms with Crippen LogP contribution < -0.4 is 10.1 Å². The molecule has 0 aliphatic carbocycles. The molecule has 1 atom stereocenters. The van der Waals surface area contributed by atoms with Gasteiger partial charge in [0.2, 0.25) is 0 Å². The molecule has 0 saturated heterocycles. The zero-order chi connectivity index (χ0) is 15.6. The van der Waals surface area contributed by atoms with Crippen LogP contribution in [0.1, 0.15) is 22.7 Å². The summed E-state index contributed by atoms with van der Waals surface area (Å²) in [6, 6.07) is 6.00. The maximum absolute atomic E-state index is 14.2. The van der Waals surface area contributed by atoms with Crippen molar-refractivity contribution in [2.75, 3.05) is 14.2 Å². The highest BCUT2D eigenvalue weighted by molar-refractivity contribution is 5.39. The Balaban J connectivity index is 2.55. The van der Waals surface area contributed by atoms with Crippen LogP contribution in [0.4, 0.5) is 13.2 Å². The predicted molar refractivity (Wildman–Crippen MR) is 74.9 cm³/mol. The molecule has 112 valence electrons. The van der Waals surface area contributed by atoms with Gasteiger partial charge in [-0.15, -0.1) is 0 Å². The predicted octanol–water partition coefficient (Wildman–Crippen LogP) is 3.73. The fourth-order valence-corrected chi connectivity index (χ4v) is 2.28. The summed E-state index contributed by atoms with van der Waals surface area (Å²) in [5, 5.41) is 2.82. The monoisotopic (exact) mass is 295 g/mol. The number of nitrogens with one attached hydrogen (secondary N) is 1. The third-order valence-electron chi connectivity index (χ3n) is 3.41. The van der Waals surface area contributed by atoms with Gasteiger partial charge in [-0.05, 0) is 43.3 Å². The molecule has 5 heteroatoms. The van der Waals surface area contributed by atoms with Crippen molar-refractivity contribution in [1.29, 1.82) is 0 Å². The van der Waals surface area contributed by atoms with E-state index in [1.807, 2.05) is 0 Å². The SMILES string of the molecule is CNC(c1ccc(OC)c(F)c1)c1c(F)ccc(C)c1F. The lowest BCUT2D eigenvalue weighted by atomic mass is 9.96. The summed E-state index contributed by atoms with van der Waals surface area (Å²) < 4.78 is 46.9. The van der Waals surface area contributed by atoms with E-state index in [0.29, 0.717) is 11.1 Å². The number of hydrogen-bond donors (Lipinski definition) is 1. The fourth-order valence-electron chi connectivity index (χ4n) is 2.28. The minimum absolute atomic E-state index is 0.0822. The lowest BCUT2D eigenvalue weighted by Crippen LogP contribution is -2.21. The van der Waals surface area contributed by atoms with Crippen molar-refractivity contribution < 1.29 is 17.9 Å². The summed E-state index contributed by atoms with van der Waals surface area (Å²) >= 11 is 0. The smallest absolute Gasteiger partial charge is 0.165 e. The van der Waals surface area contributed by atoms with Crippen molar-refractivity contribution >= 4 is 0 Å². The Morgan fingerprint density at radius 3 is 2.33 bits per heavy atom. The molecule has 2 rings (SSSR count). The zero-order valence-electron chi connectivity index (χ0n) is 12.0. The minimum atomic E-state index is -0.787. The van der Waals surface area contributed by atoms with Gasteiger partial charge < -0.3 is 10.1 Å². The molecule has 21 heavy (non-hydrogen) atoms. The Bertz CT molecular complexity index is 658. The number of rotatable bonds is 4. The van der Waals surface area contributed by atoms with Crippen LogP contribution in [0.5, 0.6) is 5.75 Å². The molecule has 0 spiro atoms. The summed E-state index contributed by atoms with van der Waals surface area (Å²) in [5.74, 6) is -1.80. The molecule has 2 nitrogen and oxygen atoms in total. The second kappa shape index (κ2) is 6.18. The first kappa shape index (κ1) is 15.4. The molecule has 0 radical (unpaired) electrons. The molecular formula is C16H16F3NO. The Morgan fingerprint density at radius 2 is 1.76 bits per heavy atom. The molecule has 2 aromatic rings. The molecule has 2 aromatic carbocycles. The molecule has 1 N–H and O–H groups in total. The van der Waals surface area contributed by atoms with Gasteiger partial charge in [-0.2, -0.15) is 0 Å². The van der Waals surface area contributed by atoms with Crippen LogP contribution in [0.2, 0.25) is 0 Å². The molecular weight excluding hydrogens is 279 g/mol. The zero-order valence-corrected chi connectivity index (χ0v) is 12.0. The quantitative estimate of drug-likeness (QED) is 0.928. The minimum Gasteiger partial charge on any atom is -0.494 e. The summed E-state index contributed by atoms with van der Waals surface area (Å²) in [4.78, 5) is 0. The van der Waals surface area contributed by atoms with Crippen LogP contribution in [0.25, 0.3) is 0 Å². The lowest BCUT2D eigenvalue weighted by molar-refractivity contribution is 0.385. The van der Waals surface area contributed by atoms with Crippen molar-refractivity contribution in [3.8, 4) is 5.75 Å². The van der Waals surface area contributed by atoms with Gasteiger partial charge in [-0.25, -0.2) is 13.2 Å². The topological polar surface area (TPSA) is 21.3 Å². The fraction of sp³-hybridized carbons (Fsp3) is 0.250. The van der Waals surface area contributed by atoms with Crippen LogP contribution in [0, 0.1) is 24.4 Å². The summed E-state index contributed by atoms with van der Waals surface area (Å²) in [7, 11) is 2.92. The number of ether oxygens (including phenoxy) is 1. The molecule has 0 amide bonds. The van der Waals surface area contributed by atoms with E-state index in [1.165, 1.54) is 31.4 Å². The Morgan fingerprint density at radius 1 is 1.05 bits per heavy atom. The maximum atomic E-state index is 14.2. The second-order valence-electron chi connectivity index (χ2n) is 4.71. The highest BCUT2D eigenvalue weighted by atomic mass is 19.1. The summed E-state index contributed by atoms with van der Waals surface area (Å²) in [6.45, 7) is 1.56. The third-order valence-corrected chi connectivity index (χ3v) is 3.41. The van der Waals surface area contributed by atoms with Crippen LogP contribution in [-0.2, 0) is 0 Å². The normalized spacial score (nSPS) is 12.3. The molecule has 0 bridgehead atoms. The van der Waals surface area contributed by atoms with E-state index in [2.05, 4.69) is 5.32 Å². The first-order chi connectivity index (χ1) is 9.99. The number of methoxy groups -OCH3 is 1. The van der Waals surface area contributed by atoms with E-state index >= 15 is 0 Å². The van der Waals surface area contributed by atoms with Crippen LogP contribution in [0.3, 0.4) is 0 Å². The van der Waals surface area contributed by atoms with Gasteiger partial charge in [0, 0.05) is 5.56 Å². The van der Waals surface area contributed by atoms with E-state index in [4.69, 9.17) is 4.74 Å². The Kier molecular flexibility index (Phi) is 4.53. The number of halogens is 3. The standard InChI is InChI=1S/C16H16F3NO/c1-9-4-6-11(17)14(15(9)19)16(20-2)10-5-7-13(21-3)12(18)8-10/h4-8,16,20H,1-3H3. The lowest BCUT2D eigenvalue weighted by Gasteiger charge is -2.20. The van der Waals surface area contributed by atoms with Gasteiger partial charge in [0.25, 0.3) is 0 Å². The summed E-state index contributed by atoms with van der Waals surface area (Å²) in [6.07, 6.45) is 0. The van der Waals surface area contributed by atoms with Crippen LogP contribution in [-0.4, -0.2) is 14.2 Å². The van der Waals surface area contributed by atoms with E-state index < -0.39 is 23.5 Å². The first-order valence-corrected chi connectivity index (χ1v) is 6.44. The number of benzene rings is 2. The van der Waals surface area contributed by atoms with E-state index in [1.54, 1.807) is 20.0 Å². The van der Waals surface area contributed by atoms with Crippen molar-refractivity contribution in [1.82, 2.24) is 5.32 Å². The largest absolute Gasteiger partial charge is 0.494 e. The van der Waals surface area contributed by atoms with Crippen LogP contribution in [0.15, 0.2) is 30.3 Å². The van der Waals surface area contributed by atoms with Gasteiger partial charge in [-0.1, -0.05) is 12.1 Å². The first-order valence-electron chi connectivity index (χ1n) is 6.44. The average molecular weight is 295 g/mol. The van der Waals surface area contributed by atoms with Crippen molar-refractivity contribution in [3.63, 3.8) is 0 Å². The molecule has 0 aliphatic rings. The molecule has 0 fully saturated rings. The van der Waals surface area contributed by atoms with Crippen LogP contribution >= 0.6 is 0 Å². The molecule has 0 saturated carbocycles. The highest BCUT2D eigenvalue weighted by Gasteiger charge is 2.22. The maximum Gasteiger partial charge on any atom is 0.165 e. The van der Waals surface area contributed by atoms with Crippen molar-refractivity contribution in [2.24, 2.45) is 0 Å².